The SMILES string of the molecule is CCC(C)(C(N)=O)n1cc(-n2c(=O)n(C)c3cnc4ccc(-c5cncc(OC(C)C)c5)cc4c32)c(C)n1. The zero-order chi connectivity index (χ0) is 27.4. The zero-order valence-corrected chi connectivity index (χ0v) is 22.4. The van der Waals surface area contributed by atoms with Gasteiger partial charge in [0.1, 0.15) is 11.3 Å². The number of rotatable bonds is 7. The Morgan fingerprint density at radius 2 is 1.92 bits per heavy atom. The van der Waals surface area contributed by atoms with Gasteiger partial charge >= 0.3 is 5.69 Å². The first-order valence-corrected chi connectivity index (χ1v) is 12.5. The molecule has 0 fully saturated rings. The number of imidazole rings is 1. The highest BCUT2D eigenvalue weighted by Crippen LogP contribution is 2.32. The van der Waals surface area contributed by atoms with Crippen molar-refractivity contribution in [2.75, 3.05) is 0 Å². The van der Waals surface area contributed by atoms with Crippen LogP contribution in [0.1, 0.15) is 39.8 Å². The highest BCUT2D eigenvalue weighted by molar-refractivity contribution is 6.04. The maximum atomic E-state index is 13.6. The van der Waals surface area contributed by atoms with E-state index < -0.39 is 11.4 Å². The Balaban J connectivity index is 1.77. The molecule has 0 bridgehead atoms. The number of nitrogens with zero attached hydrogens (tertiary/aromatic N) is 6. The van der Waals surface area contributed by atoms with Crippen molar-refractivity contribution in [1.82, 2.24) is 28.9 Å². The van der Waals surface area contributed by atoms with Crippen molar-refractivity contribution in [2.45, 2.75) is 52.7 Å². The fourth-order valence-electron chi connectivity index (χ4n) is 4.69. The first-order chi connectivity index (χ1) is 18.0. The van der Waals surface area contributed by atoms with Gasteiger partial charge in [0.2, 0.25) is 5.91 Å². The number of primary amides is 1. The number of benzene rings is 1. The van der Waals surface area contributed by atoms with Gasteiger partial charge in [-0.15, -0.1) is 0 Å². The lowest BCUT2D eigenvalue weighted by Crippen LogP contribution is -2.43. The van der Waals surface area contributed by atoms with Gasteiger partial charge in [-0.2, -0.15) is 5.10 Å². The third-order valence-electron chi connectivity index (χ3n) is 7.14. The van der Waals surface area contributed by atoms with Crippen LogP contribution in [-0.2, 0) is 17.4 Å². The van der Waals surface area contributed by atoms with E-state index in [9.17, 15) is 9.59 Å². The van der Waals surface area contributed by atoms with Crippen molar-refractivity contribution in [3.05, 3.63) is 65.2 Å². The van der Waals surface area contributed by atoms with Crippen LogP contribution in [0, 0.1) is 6.92 Å². The minimum Gasteiger partial charge on any atom is -0.489 e. The number of amides is 1. The number of carbonyl (C=O) groups is 1. The van der Waals surface area contributed by atoms with Crippen molar-refractivity contribution < 1.29 is 9.53 Å². The number of hydrogen-bond donors (Lipinski definition) is 1. The number of ether oxygens (including phenoxy) is 1. The largest absolute Gasteiger partial charge is 0.489 e. The number of aromatic nitrogens is 6. The van der Waals surface area contributed by atoms with Gasteiger partial charge in [0.15, 0.2) is 0 Å². The van der Waals surface area contributed by atoms with Gasteiger partial charge in [-0.1, -0.05) is 13.0 Å². The summed E-state index contributed by atoms with van der Waals surface area (Å²) >= 11 is 0. The van der Waals surface area contributed by atoms with E-state index in [2.05, 4.69) is 15.1 Å². The molecule has 4 aromatic heterocycles. The van der Waals surface area contributed by atoms with Crippen LogP contribution in [0.15, 0.2) is 53.8 Å². The second-order valence-electron chi connectivity index (χ2n) is 10.0. The van der Waals surface area contributed by atoms with Crippen molar-refractivity contribution in [1.29, 1.82) is 0 Å². The Kier molecular flexibility index (Phi) is 6.05. The predicted molar refractivity (Wildman–Crippen MR) is 146 cm³/mol. The second kappa shape index (κ2) is 9.13. The standard InChI is InChI=1S/C28H31N7O3/c1-7-28(5,26(29)36)34-15-24(17(4)32-34)35-25-21-11-18(19-10-20(13-30-12-19)38-16(2)3)8-9-22(21)31-14-23(25)33(6)27(35)37/h8-16H,7H2,1-6H3,(H2,29,36). The molecule has 1 unspecified atom stereocenters. The summed E-state index contributed by atoms with van der Waals surface area (Å²) in [5.41, 5.74) is 9.55. The Morgan fingerprint density at radius 1 is 1.16 bits per heavy atom. The molecule has 10 nitrogen and oxygen atoms in total. The summed E-state index contributed by atoms with van der Waals surface area (Å²) in [6.07, 6.45) is 7.38. The van der Waals surface area contributed by atoms with Crippen LogP contribution in [0.3, 0.4) is 0 Å². The summed E-state index contributed by atoms with van der Waals surface area (Å²) in [6.45, 7) is 9.37. The number of nitrogens with two attached hydrogens (primary N) is 1. The summed E-state index contributed by atoms with van der Waals surface area (Å²) < 4.78 is 10.6. The van der Waals surface area contributed by atoms with E-state index in [1.807, 2.05) is 52.0 Å². The molecular formula is C28H31N7O3. The molecular weight excluding hydrogens is 482 g/mol. The van der Waals surface area contributed by atoms with Crippen LogP contribution in [0.4, 0.5) is 0 Å². The summed E-state index contributed by atoms with van der Waals surface area (Å²) in [4.78, 5) is 34.9. The molecule has 0 aliphatic carbocycles. The van der Waals surface area contributed by atoms with Crippen LogP contribution in [0.5, 0.6) is 5.75 Å². The molecule has 5 rings (SSSR count). The van der Waals surface area contributed by atoms with E-state index in [1.54, 1.807) is 52.6 Å². The lowest BCUT2D eigenvalue weighted by atomic mass is 9.99. The van der Waals surface area contributed by atoms with Crippen molar-refractivity contribution in [3.8, 4) is 22.6 Å². The van der Waals surface area contributed by atoms with E-state index in [0.717, 1.165) is 22.0 Å². The Hall–Kier alpha value is -4.47. The fourth-order valence-corrected chi connectivity index (χ4v) is 4.69. The van der Waals surface area contributed by atoms with Crippen LogP contribution in [0.2, 0.25) is 0 Å². The molecule has 1 amide bonds. The van der Waals surface area contributed by atoms with Crippen LogP contribution in [0.25, 0.3) is 38.8 Å². The van der Waals surface area contributed by atoms with E-state index in [0.29, 0.717) is 34.6 Å². The Bertz CT molecular complexity index is 1760. The van der Waals surface area contributed by atoms with Gasteiger partial charge in [-0.25, -0.2) is 4.79 Å². The Labute approximate surface area is 219 Å². The Morgan fingerprint density at radius 3 is 2.61 bits per heavy atom. The summed E-state index contributed by atoms with van der Waals surface area (Å²) in [6, 6.07) is 7.87. The smallest absolute Gasteiger partial charge is 0.333 e. The molecule has 2 N–H and O–H groups in total. The molecule has 0 spiro atoms. The normalized spacial score (nSPS) is 13.3. The highest BCUT2D eigenvalue weighted by atomic mass is 16.5. The summed E-state index contributed by atoms with van der Waals surface area (Å²) in [7, 11) is 1.72. The third kappa shape index (κ3) is 3.93. The quantitative estimate of drug-likeness (QED) is 0.353. The van der Waals surface area contributed by atoms with Gasteiger partial charge in [-0.3, -0.25) is 28.6 Å². The van der Waals surface area contributed by atoms with Crippen LogP contribution in [-0.4, -0.2) is 40.9 Å². The minimum atomic E-state index is -1.02. The number of fused-ring (bicyclic) bond motifs is 3. The molecule has 1 atom stereocenters. The molecule has 0 saturated carbocycles. The van der Waals surface area contributed by atoms with Gasteiger partial charge in [0.05, 0.1) is 52.6 Å². The van der Waals surface area contributed by atoms with Gasteiger partial charge in [-0.05, 0) is 57.9 Å². The monoisotopic (exact) mass is 513 g/mol. The zero-order valence-electron chi connectivity index (χ0n) is 22.4. The first kappa shape index (κ1) is 25.2. The average Bonchev–Trinajstić information content (AvgIpc) is 3.39. The van der Waals surface area contributed by atoms with Gasteiger partial charge in [0.25, 0.3) is 0 Å². The average molecular weight is 514 g/mol. The number of hydrogen-bond acceptors (Lipinski definition) is 6. The minimum absolute atomic E-state index is 0.0273. The third-order valence-corrected chi connectivity index (χ3v) is 7.14. The molecule has 196 valence electrons. The van der Waals surface area contributed by atoms with E-state index >= 15 is 0 Å². The molecule has 1 aromatic carbocycles. The molecule has 38 heavy (non-hydrogen) atoms. The molecule has 0 aliphatic rings. The molecule has 10 heteroatoms. The maximum absolute atomic E-state index is 13.6. The highest BCUT2D eigenvalue weighted by Gasteiger charge is 2.33. The topological polar surface area (TPSA) is 123 Å². The molecule has 5 aromatic rings. The second-order valence-corrected chi connectivity index (χ2v) is 10.0. The van der Waals surface area contributed by atoms with Gasteiger partial charge < -0.3 is 10.5 Å². The fraction of sp³-hybridized carbons (Fsp3) is 0.321. The van der Waals surface area contributed by atoms with E-state index in [-0.39, 0.29) is 11.8 Å². The number of aryl methyl sites for hydroxylation is 2. The molecule has 0 radical (unpaired) electrons. The lowest BCUT2D eigenvalue weighted by Gasteiger charge is -2.24. The number of carbonyl (C=O) groups excluding carboxylic acids is 1. The lowest BCUT2D eigenvalue weighted by molar-refractivity contribution is -0.126. The van der Waals surface area contributed by atoms with E-state index in [4.69, 9.17) is 10.5 Å². The van der Waals surface area contributed by atoms with Gasteiger partial charge in [0, 0.05) is 24.2 Å². The summed E-state index contributed by atoms with van der Waals surface area (Å²) in [5, 5.41) is 5.40. The van der Waals surface area contributed by atoms with Crippen LogP contribution >= 0.6 is 0 Å². The maximum Gasteiger partial charge on any atom is 0.333 e. The van der Waals surface area contributed by atoms with E-state index in [1.165, 1.54) is 0 Å². The molecule has 4 heterocycles. The first-order valence-electron chi connectivity index (χ1n) is 12.5. The predicted octanol–water partition coefficient (Wildman–Crippen LogP) is 3.84. The van der Waals surface area contributed by atoms with Crippen molar-refractivity contribution >= 4 is 27.8 Å². The van der Waals surface area contributed by atoms with Crippen LogP contribution < -0.4 is 16.2 Å². The molecule has 0 aliphatic heterocycles. The van der Waals surface area contributed by atoms with Crippen molar-refractivity contribution in [2.24, 2.45) is 12.8 Å². The number of pyridine rings is 2. The molecule has 0 saturated heterocycles. The van der Waals surface area contributed by atoms with Crippen molar-refractivity contribution in [3.63, 3.8) is 0 Å². The summed E-state index contributed by atoms with van der Waals surface area (Å²) in [5.74, 6) is 0.193.